The molecule has 0 spiro atoms. The lowest BCUT2D eigenvalue weighted by molar-refractivity contribution is 0.0434. The Bertz CT molecular complexity index is 850. The lowest BCUT2D eigenvalue weighted by Gasteiger charge is -2.12. The summed E-state index contributed by atoms with van der Waals surface area (Å²) in [5.74, 6) is -0.456. The van der Waals surface area contributed by atoms with Gasteiger partial charge in [0, 0.05) is 10.0 Å². The molecular formula is C25H31BrO5. The van der Waals surface area contributed by atoms with Gasteiger partial charge in [-0.05, 0) is 36.8 Å². The molecule has 0 bridgehead atoms. The van der Waals surface area contributed by atoms with Crippen LogP contribution in [0, 0.1) is 0 Å². The third-order valence-electron chi connectivity index (χ3n) is 4.95. The van der Waals surface area contributed by atoms with Gasteiger partial charge in [-0.2, -0.15) is 0 Å². The molecule has 0 aromatic heterocycles. The maximum atomic E-state index is 12.6. The fourth-order valence-corrected chi connectivity index (χ4v) is 3.63. The highest BCUT2D eigenvalue weighted by Gasteiger charge is 2.19. The van der Waals surface area contributed by atoms with Crippen LogP contribution in [-0.4, -0.2) is 25.7 Å². The molecule has 2 aromatic carbocycles. The standard InChI is InChI=1S/C25H31BrO5/c1-3-4-5-6-7-8-11-16-30-24(27)21-12-9-10-13-22(21)25(28)31-18-19-17-20(26)14-15-23(19)29-2/h9-10,12-15,17H,3-8,11,16,18H2,1-2H3. The zero-order valence-electron chi connectivity index (χ0n) is 18.3. The van der Waals surface area contributed by atoms with Crippen LogP contribution in [0.2, 0.25) is 0 Å². The van der Waals surface area contributed by atoms with Crippen molar-refractivity contribution < 1.29 is 23.8 Å². The minimum Gasteiger partial charge on any atom is -0.496 e. The van der Waals surface area contributed by atoms with Gasteiger partial charge in [0.25, 0.3) is 0 Å². The first-order valence-corrected chi connectivity index (χ1v) is 11.6. The number of unbranched alkanes of at least 4 members (excludes halogenated alkanes) is 6. The van der Waals surface area contributed by atoms with Crippen molar-refractivity contribution in [1.29, 1.82) is 0 Å². The van der Waals surface area contributed by atoms with Gasteiger partial charge >= 0.3 is 11.9 Å². The van der Waals surface area contributed by atoms with Gasteiger partial charge in [-0.25, -0.2) is 9.59 Å². The van der Waals surface area contributed by atoms with Crippen molar-refractivity contribution >= 4 is 27.9 Å². The highest BCUT2D eigenvalue weighted by atomic mass is 79.9. The van der Waals surface area contributed by atoms with Crippen LogP contribution in [-0.2, 0) is 16.1 Å². The van der Waals surface area contributed by atoms with Gasteiger partial charge in [-0.1, -0.05) is 73.5 Å². The summed E-state index contributed by atoms with van der Waals surface area (Å²) in [5.41, 5.74) is 1.14. The molecule has 2 aromatic rings. The van der Waals surface area contributed by atoms with Crippen molar-refractivity contribution in [2.24, 2.45) is 0 Å². The van der Waals surface area contributed by atoms with E-state index in [2.05, 4.69) is 22.9 Å². The summed E-state index contributed by atoms with van der Waals surface area (Å²) in [6.45, 7) is 2.58. The highest BCUT2D eigenvalue weighted by Crippen LogP contribution is 2.24. The number of carbonyl (C=O) groups is 2. The zero-order chi connectivity index (χ0) is 22.5. The van der Waals surface area contributed by atoms with Crippen molar-refractivity contribution in [2.75, 3.05) is 13.7 Å². The number of esters is 2. The maximum Gasteiger partial charge on any atom is 0.339 e. The molecule has 6 heteroatoms. The summed E-state index contributed by atoms with van der Waals surface area (Å²) >= 11 is 3.40. The van der Waals surface area contributed by atoms with E-state index in [0.29, 0.717) is 12.4 Å². The molecule has 0 atom stereocenters. The largest absolute Gasteiger partial charge is 0.496 e. The third-order valence-corrected chi connectivity index (χ3v) is 5.44. The fraction of sp³-hybridized carbons (Fsp3) is 0.440. The minimum absolute atomic E-state index is 0.0306. The molecule has 0 heterocycles. The average molecular weight is 491 g/mol. The Labute approximate surface area is 193 Å². The molecule has 0 saturated carbocycles. The second-order valence-electron chi connectivity index (χ2n) is 7.34. The summed E-state index contributed by atoms with van der Waals surface area (Å²) in [4.78, 5) is 25.2. The normalized spacial score (nSPS) is 10.5. The molecule has 0 aliphatic carbocycles. The van der Waals surface area contributed by atoms with Gasteiger partial charge in [-0.3, -0.25) is 0 Å². The van der Waals surface area contributed by atoms with Crippen molar-refractivity contribution in [1.82, 2.24) is 0 Å². The predicted octanol–water partition coefficient (Wildman–Crippen LogP) is 6.72. The second-order valence-corrected chi connectivity index (χ2v) is 8.25. The number of methoxy groups -OCH3 is 1. The van der Waals surface area contributed by atoms with Gasteiger partial charge < -0.3 is 14.2 Å². The van der Waals surface area contributed by atoms with Crippen LogP contribution in [0.25, 0.3) is 0 Å². The van der Waals surface area contributed by atoms with Crippen molar-refractivity contribution in [3.05, 3.63) is 63.6 Å². The number of carbonyl (C=O) groups excluding carboxylic acids is 2. The van der Waals surface area contributed by atoms with Crippen LogP contribution in [0.1, 0.15) is 78.1 Å². The van der Waals surface area contributed by atoms with E-state index in [1.54, 1.807) is 37.4 Å². The average Bonchev–Trinajstić information content (AvgIpc) is 2.79. The number of halogens is 1. The number of hydrogen-bond donors (Lipinski definition) is 0. The van der Waals surface area contributed by atoms with E-state index in [4.69, 9.17) is 14.2 Å². The van der Waals surface area contributed by atoms with E-state index in [0.717, 1.165) is 29.3 Å². The fourth-order valence-electron chi connectivity index (χ4n) is 3.22. The molecule has 0 N–H and O–H groups in total. The van der Waals surface area contributed by atoms with Crippen LogP contribution in [0.3, 0.4) is 0 Å². The van der Waals surface area contributed by atoms with Crippen LogP contribution in [0.15, 0.2) is 46.9 Å². The van der Waals surface area contributed by atoms with E-state index in [1.165, 1.54) is 25.7 Å². The van der Waals surface area contributed by atoms with Gasteiger partial charge in [0.15, 0.2) is 0 Å². The minimum atomic E-state index is -0.578. The van der Waals surface area contributed by atoms with Crippen LogP contribution in [0.4, 0.5) is 0 Å². The summed E-state index contributed by atoms with van der Waals surface area (Å²) in [6, 6.07) is 12.0. The first-order chi connectivity index (χ1) is 15.1. The Kier molecular flexibility index (Phi) is 11.1. The van der Waals surface area contributed by atoms with E-state index in [-0.39, 0.29) is 17.7 Å². The number of rotatable bonds is 13. The molecule has 5 nitrogen and oxygen atoms in total. The van der Waals surface area contributed by atoms with Crippen molar-refractivity contribution in [3.8, 4) is 5.75 Å². The smallest absolute Gasteiger partial charge is 0.339 e. The Morgan fingerprint density at radius 1 is 0.839 bits per heavy atom. The molecule has 168 valence electrons. The first-order valence-electron chi connectivity index (χ1n) is 10.8. The van der Waals surface area contributed by atoms with Crippen LogP contribution >= 0.6 is 15.9 Å². The quantitative estimate of drug-likeness (QED) is 0.230. The van der Waals surface area contributed by atoms with Gasteiger partial charge in [-0.15, -0.1) is 0 Å². The summed E-state index contributed by atoms with van der Waals surface area (Å²) < 4.78 is 17.0. The zero-order valence-corrected chi connectivity index (χ0v) is 19.9. The monoisotopic (exact) mass is 490 g/mol. The van der Waals surface area contributed by atoms with Crippen molar-refractivity contribution in [3.63, 3.8) is 0 Å². The molecule has 0 saturated heterocycles. The van der Waals surface area contributed by atoms with Gasteiger partial charge in [0.05, 0.1) is 24.8 Å². The molecule has 0 amide bonds. The summed E-state index contributed by atoms with van der Waals surface area (Å²) in [5, 5.41) is 0. The Morgan fingerprint density at radius 3 is 2.10 bits per heavy atom. The molecule has 2 rings (SSSR count). The highest BCUT2D eigenvalue weighted by molar-refractivity contribution is 9.10. The van der Waals surface area contributed by atoms with E-state index < -0.39 is 11.9 Å². The predicted molar refractivity (Wildman–Crippen MR) is 125 cm³/mol. The lowest BCUT2D eigenvalue weighted by atomic mass is 10.1. The number of hydrogen-bond acceptors (Lipinski definition) is 5. The summed E-state index contributed by atoms with van der Waals surface area (Å²) in [6.07, 6.45) is 8.00. The second kappa shape index (κ2) is 13.9. The molecular weight excluding hydrogens is 460 g/mol. The molecule has 31 heavy (non-hydrogen) atoms. The first kappa shape index (κ1) is 24.9. The molecule has 0 aliphatic heterocycles. The third kappa shape index (κ3) is 8.37. The van der Waals surface area contributed by atoms with Crippen LogP contribution < -0.4 is 4.74 Å². The van der Waals surface area contributed by atoms with Crippen molar-refractivity contribution in [2.45, 2.75) is 58.5 Å². The Balaban J connectivity index is 1.88. The Hall–Kier alpha value is -2.34. The van der Waals surface area contributed by atoms with Gasteiger partial charge in [0.2, 0.25) is 0 Å². The summed E-state index contributed by atoms with van der Waals surface area (Å²) in [7, 11) is 1.56. The molecule has 0 radical (unpaired) electrons. The SMILES string of the molecule is CCCCCCCCCOC(=O)c1ccccc1C(=O)OCc1cc(Br)ccc1OC. The maximum absolute atomic E-state index is 12.6. The van der Waals surface area contributed by atoms with E-state index in [9.17, 15) is 9.59 Å². The van der Waals surface area contributed by atoms with Gasteiger partial charge in [0.1, 0.15) is 12.4 Å². The van der Waals surface area contributed by atoms with Crippen LogP contribution in [0.5, 0.6) is 5.75 Å². The lowest BCUT2D eigenvalue weighted by Crippen LogP contribution is -2.14. The molecule has 0 aliphatic rings. The number of benzene rings is 2. The topological polar surface area (TPSA) is 61.8 Å². The Morgan fingerprint density at radius 2 is 1.45 bits per heavy atom. The van der Waals surface area contributed by atoms with E-state index in [1.807, 2.05) is 12.1 Å². The molecule has 0 unspecified atom stereocenters. The molecule has 0 fully saturated rings. The van der Waals surface area contributed by atoms with E-state index >= 15 is 0 Å². The number of ether oxygens (including phenoxy) is 3.